The van der Waals surface area contributed by atoms with Crippen LogP contribution in [-0.2, 0) is 0 Å². The van der Waals surface area contributed by atoms with Crippen molar-refractivity contribution in [3.05, 3.63) is 6.92 Å². The number of aliphatic hydroxyl groups is 2. The molecule has 73 valence electrons. The van der Waals surface area contributed by atoms with Gasteiger partial charge >= 0.3 is 0 Å². The van der Waals surface area contributed by atoms with Crippen LogP contribution in [0.4, 0.5) is 0 Å². The van der Waals surface area contributed by atoms with E-state index in [9.17, 15) is 5.11 Å². The summed E-state index contributed by atoms with van der Waals surface area (Å²) in [6.45, 7) is 4.00. The minimum Gasteiger partial charge on any atom is -0.396 e. The average Bonchev–Trinajstić information content (AvgIpc) is 2.09. The largest absolute Gasteiger partial charge is 0.396 e. The molecule has 1 unspecified atom stereocenters. The van der Waals surface area contributed by atoms with Crippen LogP contribution in [0.15, 0.2) is 0 Å². The topological polar surface area (TPSA) is 40.5 Å². The third-order valence-corrected chi connectivity index (χ3v) is 1.98. The zero-order chi connectivity index (χ0) is 9.23. The Morgan fingerprint density at radius 1 is 1.00 bits per heavy atom. The number of hydrogen-bond acceptors (Lipinski definition) is 2. The maximum Gasteiger partial charge on any atom is 0.0540 e. The molecule has 0 saturated carbocycles. The van der Waals surface area contributed by atoms with E-state index in [1.807, 2.05) is 0 Å². The Kier molecular flexibility index (Phi) is 8.95. The second kappa shape index (κ2) is 9.01. The van der Waals surface area contributed by atoms with Crippen LogP contribution in [0.2, 0.25) is 0 Å². The highest BCUT2D eigenvalue weighted by Crippen LogP contribution is 2.08. The van der Waals surface area contributed by atoms with Gasteiger partial charge in [-0.2, -0.15) is 0 Å². The van der Waals surface area contributed by atoms with Gasteiger partial charge in [0.1, 0.15) is 0 Å². The lowest BCUT2D eigenvalue weighted by molar-refractivity contribution is 0.147. The normalized spacial score (nSPS) is 13.2. The lowest BCUT2D eigenvalue weighted by Crippen LogP contribution is -2.05. The fraction of sp³-hybridized carbons (Fsp3) is 0.900. The molecule has 2 heteroatoms. The molecule has 0 aromatic carbocycles. The van der Waals surface area contributed by atoms with E-state index in [2.05, 4.69) is 6.92 Å². The highest BCUT2D eigenvalue weighted by molar-refractivity contribution is 4.56. The second-order valence-electron chi connectivity index (χ2n) is 3.22. The lowest BCUT2D eigenvalue weighted by Gasteiger charge is -2.08. The zero-order valence-electron chi connectivity index (χ0n) is 7.84. The maximum atomic E-state index is 9.39. The van der Waals surface area contributed by atoms with Crippen molar-refractivity contribution in [2.75, 3.05) is 6.61 Å². The van der Waals surface area contributed by atoms with Gasteiger partial charge in [0, 0.05) is 6.61 Å². The van der Waals surface area contributed by atoms with E-state index < -0.39 is 0 Å². The first-order chi connectivity index (χ1) is 5.81. The summed E-state index contributed by atoms with van der Waals surface area (Å²) < 4.78 is 0. The van der Waals surface area contributed by atoms with E-state index in [1.165, 1.54) is 0 Å². The van der Waals surface area contributed by atoms with E-state index in [4.69, 9.17) is 5.11 Å². The van der Waals surface area contributed by atoms with Gasteiger partial charge in [0.15, 0.2) is 0 Å². The molecule has 0 fully saturated rings. The highest BCUT2D eigenvalue weighted by Gasteiger charge is 2.01. The molecule has 0 saturated heterocycles. The SMILES string of the molecule is [CH2]CCCC(O)CCCCCO. The van der Waals surface area contributed by atoms with Crippen molar-refractivity contribution in [3.8, 4) is 0 Å². The third kappa shape index (κ3) is 8.02. The molecule has 12 heavy (non-hydrogen) atoms. The van der Waals surface area contributed by atoms with Gasteiger partial charge in [-0.05, 0) is 19.3 Å². The Bertz CT molecular complexity index is 83.9. The average molecular weight is 173 g/mol. The van der Waals surface area contributed by atoms with Gasteiger partial charge in [-0.25, -0.2) is 0 Å². The van der Waals surface area contributed by atoms with Crippen LogP contribution in [0.5, 0.6) is 0 Å². The van der Waals surface area contributed by atoms with Gasteiger partial charge in [-0.15, -0.1) is 0 Å². The molecule has 2 N–H and O–H groups in total. The smallest absolute Gasteiger partial charge is 0.0540 e. The molecular weight excluding hydrogens is 152 g/mol. The molecule has 0 heterocycles. The lowest BCUT2D eigenvalue weighted by atomic mass is 10.1. The summed E-state index contributed by atoms with van der Waals surface area (Å²) in [5.41, 5.74) is 0. The van der Waals surface area contributed by atoms with E-state index >= 15 is 0 Å². The summed E-state index contributed by atoms with van der Waals surface area (Å²) in [6.07, 6.45) is 6.45. The fourth-order valence-corrected chi connectivity index (χ4v) is 1.19. The van der Waals surface area contributed by atoms with Gasteiger partial charge in [0.25, 0.3) is 0 Å². The quantitative estimate of drug-likeness (QED) is 0.550. The van der Waals surface area contributed by atoms with Gasteiger partial charge in [0.05, 0.1) is 6.10 Å². The summed E-state index contributed by atoms with van der Waals surface area (Å²) in [6, 6.07) is 0. The van der Waals surface area contributed by atoms with Crippen molar-refractivity contribution in [1.29, 1.82) is 0 Å². The molecular formula is C10H21O2. The van der Waals surface area contributed by atoms with Crippen LogP contribution in [0, 0.1) is 6.92 Å². The summed E-state index contributed by atoms with van der Waals surface area (Å²) in [4.78, 5) is 0. The molecule has 0 aromatic heterocycles. The molecule has 0 rings (SSSR count). The molecule has 0 aliphatic rings. The standard InChI is InChI=1S/C10H21O2/c1-2-3-7-10(12)8-5-4-6-9-11/h10-12H,1-9H2. The van der Waals surface area contributed by atoms with Crippen LogP contribution < -0.4 is 0 Å². The molecule has 0 aliphatic carbocycles. The van der Waals surface area contributed by atoms with Crippen molar-refractivity contribution in [3.63, 3.8) is 0 Å². The minimum atomic E-state index is -0.148. The Balaban J connectivity index is 3.02. The van der Waals surface area contributed by atoms with Gasteiger partial charge in [-0.1, -0.05) is 32.6 Å². The Morgan fingerprint density at radius 3 is 2.25 bits per heavy atom. The predicted molar refractivity (Wildman–Crippen MR) is 50.8 cm³/mol. The maximum absolute atomic E-state index is 9.39. The number of rotatable bonds is 8. The van der Waals surface area contributed by atoms with Gasteiger partial charge in [0.2, 0.25) is 0 Å². The first-order valence-electron chi connectivity index (χ1n) is 4.89. The predicted octanol–water partition coefficient (Wildman–Crippen LogP) is 1.90. The van der Waals surface area contributed by atoms with E-state index in [1.54, 1.807) is 0 Å². The highest BCUT2D eigenvalue weighted by atomic mass is 16.3. The third-order valence-electron chi connectivity index (χ3n) is 1.98. The van der Waals surface area contributed by atoms with Crippen LogP contribution >= 0.6 is 0 Å². The van der Waals surface area contributed by atoms with Crippen molar-refractivity contribution < 1.29 is 10.2 Å². The van der Waals surface area contributed by atoms with Crippen LogP contribution in [0.3, 0.4) is 0 Å². The van der Waals surface area contributed by atoms with E-state index in [-0.39, 0.29) is 12.7 Å². The van der Waals surface area contributed by atoms with Crippen molar-refractivity contribution in [2.45, 2.75) is 51.0 Å². The monoisotopic (exact) mass is 173 g/mol. The summed E-state index contributed by atoms with van der Waals surface area (Å²) in [7, 11) is 0. The Hall–Kier alpha value is -0.0800. The van der Waals surface area contributed by atoms with Crippen LogP contribution in [0.25, 0.3) is 0 Å². The van der Waals surface area contributed by atoms with Crippen LogP contribution in [0.1, 0.15) is 44.9 Å². The Morgan fingerprint density at radius 2 is 1.67 bits per heavy atom. The number of unbranched alkanes of at least 4 members (excludes halogenated alkanes) is 3. The van der Waals surface area contributed by atoms with Crippen molar-refractivity contribution in [1.82, 2.24) is 0 Å². The zero-order valence-corrected chi connectivity index (χ0v) is 7.84. The first kappa shape index (κ1) is 11.9. The van der Waals surface area contributed by atoms with E-state index in [0.717, 1.165) is 44.9 Å². The molecule has 0 amide bonds. The Labute approximate surface area is 75.6 Å². The molecule has 2 nitrogen and oxygen atoms in total. The molecule has 0 spiro atoms. The molecule has 0 bridgehead atoms. The van der Waals surface area contributed by atoms with Crippen molar-refractivity contribution >= 4 is 0 Å². The van der Waals surface area contributed by atoms with Crippen molar-refractivity contribution in [2.24, 2.45) is 0 Å². The summed E-state index contributed by atoms with van der Waals surface area (Å²) >= 11 is 0. The van der Waals surface area contributed by atoms with Gasteiger partial charge in [-0.3, -0.25) is 0 Å². The summed E-state index contributed by atoms with van der Waals surface area (Å²) in [5.74, 6) is 0. The minimum absolute atomic E-state index is 0.148. The first-order valence-corrected chi connectivity index (χ1v) is 4.89. The summed E-state index contributed by atoms with van der Waals surface area (Å²) in [5, 5.41) is 17.9. The number of aliphatic hydroxyl groups excluding tert-OH is 2. The molecule has 1 atom stereocenters. The second-order valence-corrected chi connectivity index (χ2v) is 3.22. The fourth-order valence-electron chi connectivity index (χ4n) is 1.19. The molecule has 1 radical (unpaired) electrons. The molecule has 0 aromatic rings. The number of hydrogen-bond donors (Lipinski definition) is 2. The van der Waals surface area contributed by atoms with Crippen LogP contribution in [-0.4, -0.2) is 22.9 Å². The van der Waals surface area contributed by atoms with E-state index in [0.29, 0.717) is 0 Å². The van der Waals surface area contributed by atoms with Gasteiger partial charge < -0.3 is 10.2 Å². The molecule has 0 aliphatic heterocycles.